The van der Waals surface area contributed by atoms with Gasteiger partial charge < -0.3 is 15.1 Å². The first-order valence-electron chi connectivity index (χ1n) is 8.19. The third kappa shape index (κ3) is 3.83. The molecule has 0 atom stereocenters. The minimum Gasteiger partial charge on any atom is -0.463 e. The highest BCUT2D eigenvalue weighted by Crippen LogP contribution is 2.21. The van der Waals surface area contributed by atoms with Gasteiger partial charge in [-0.15, -0.1) is 0 Å². The Labute approximate surface area is 150 Å². The molecule has 0 unspecified atom stereocenters. The lowest BCUT2D eigenvalue weighted by Gasteiger charge is -2.13. The van der Waals surface area contributed by atoms with E-state index in [1.54, 1.807) is 18.2 Å². The molecule has 1 aromatic carbocycles. The fourth-order valence-electron chi connectivity index (χ4n) is 2.81. The highest BCUT2D eigenvalue weighted by molar-refractivity contribution is 5.99. The molecule has 2 amide bonds. The van der Waals surface area contributed by atoms with E-state index in [1.165, 1.54) is 6.26 Å². The van der Waals surface area contributed by atoms with E-state index in [9.17, 15) is 9.59 Å². The van der Waals surface area contributed by atoms with Crippen molar-refractivity contribution in [3.63, 3.8) is 0 Å². The Balaban J connectivity index is 1.59. The summed E-state index contributed by atoms with van der Waals surface area (Å²) in [6.45, 7) is 5.74. The number of anilines is 1. The normalized spacial score (nSPS) is 10.6. The van der Waals surface area contributed by atoms with Gasteiger partial charge in [-0.05, 0) is 44.0 Å². The second-order valence-electron chi connectivity index (χ2n) is 6.15. The molecule has 0 saturated carbocycles. The fourth-order valence-corrected chi connectivity index (χ4v) is 2.81. The molecule has 7 heteroatoms. The van der Waals surface area contributed by atoms with Crippen LogP contribution in [0.25, 0.3) is 11.5 Å². The molecule has 0 fully saturated rings. The second kappa shape index (κ2) is 7.26. The highest BCUT2D eigenvalue weighted by Gasteiger charge is 2.14. The Bertz CT molecular complexity index is 919. The van der Waals surface area contributed by atoms with Crippen LogP contribution in [-0.4, -0.2) is 28.6 Å². The number of aromatic amines is 1. The number of carbonyl (C=O) groups excluding carboxylic acids is 2. The lowest BCUT2D eigenvalue weighted by molar-refractivity contribution is -0.115. The van der Waals surface area contributed by atoms with Gasteiger partial charge in [0.05, 0.1) is 12.8 Å². The van der Waals surface area contributed by atoms with Crippen LogP contribution in [0.1, 0.15) is 27.2 Å². The maximum atomic E-state index is 12.2. The maximum absolute atomic E-state index is 12.2. The Morgan fingerprint density at radius 1 is 1.15 bits per heavy atom. The van der Waals surface area contributed by atoms with Crippen molar-refractivity contribution >= 4 is 17.5 Å². The number of hydrogen-bond donors (Lipinski definition) is 3. The standard InChI is InChI=1S/C19H20N4O3/c1-11-7-12(2)18(13(3)8-11)21-17(24)10-20-19(25)15-9-14(22-23-15)16-5-4-6-26-16/h4-9H,10H2,1-3H3,(H,20,25)(H,21,24)(H,22,23). The fraction of sp³-hybridized carbons (Fsp3) is 0.211. The average molecular weight is 352 g/mol. The highest BCUT2D eigenvalue weighted by atomic mass is 16.3. The van der Waals surface area contributed by atoms with E-state index < -0.39 is 5.91 Å². The molecule has 0 saturated heterocycles. The number of rotatable bonds is 5. The Morgan fingerprint density at radius 3 is 2.54 bits per heavy atom. The van der Waals surface area contributed by atoms with E-state index in [0.29, 0.717) is 11.5 Å². The molecule has 0 aliphatic carbocycles. The number of aromatic nitrogens is 2. The summed E-state index contributed by atoms with van der Waals surface area (Å²) in [5.41, 5.74) is 4.66. The predicted molar refractivity (Wildman–Crippen MR) is 97.9 cm³/mol. The molecule has 26 heavy (non-hydrogen) atoms. The SMILES string of the molecule is Cc1cc(C)c(NC(=O)CNC(=O)c2cc(-c3ccco3)[nH]n2)c(C)c1. The van der Waals surface area contributed by atoms with Crippen molar-refractivity contribution in [2.24, 2.45) is 0 Å². The number of hydrogen-bond acceptors (Lipinski definition) is 4. The first kappa shape index (κ1) is 17.5. The summed E-state index contributed by atoms with van der Waals surface area (Å²) in [6, 6.07) is 9.08. The minimum atomic E-state index is -0.438. The van der Waals surface area contributed by atoms with E-state index in [0.717, 1.165) is 22.4 Å². The quantitative estimate of drug-likeness (QED) is 0.657. The van der Waals surface area contributed by atoms with Gasteiger partial charge in [0.1, 0.15) is 5.69 Å². The topological polar surface area (TPSA) is 100 Å². The number of amides is 2. The summed E-state index contributed by atoms with van der Waals surface area (Å²) < 4.78 is 5.24. The van der Waals surface area contributed by atoms with Crippen LogP contribution in [0, 0.1) is 20.8 Å². The van der Waals surface area contributed by atoms with Crippen molar-refractivity contribution in [3.05, 3.63) is 59.0 Å². The number of carbonyl (C=O) groups is 2. The van der Waals surface area contributed by atoms with Crippen molar-refractivity contribution in [2.45, 2.75) is 20.8 Å². The molecule has 2 aromatic heterocycles. The average Bonchev–Trinajstić information content (AvgIpc) is 3.26. The van der Waals surface area contributed by atoms with Crippen LogP contribution in [0.4, 0.5) is 5.69 Å². The number of nitrogens with zero attached hydrogens (tertiary/aromatic N) is 1. The van der Waals surface area contributed by atoms with Crippen LogP contribution in [0.3, 0.4) is 0 Å². The Kier molecular flexibility index (Phi) is 4.88. The molecule has 0 spiro atoms. The van der Waals surface area contributed by atoms with Gasteiger partial charge in [0.15, 0.2) is 11.5 Å². The van der Waals surface area contributed by atoms with Crippen molar-refractivity contribution in [3.8, 4) is 11.5 Å². The van der Waals surface area contributed by atoms with Gasteiger partial charge in [-0.1, -0.05) is 17.7 Å². The van der Waals surface area contributed by atoms with E-state index >= 15 is 0 Å². The van der Waals surface area contributed by atoms with Gasteiger partial charge in [0, 0.05) is 11.8 Å². The zero-order valence-corrected chi connectivity index (χ0v) is 14.8. The molecule has 2 heterocycles. The van der Waals surface area contributed by atoms with E-state index in [-0.39, 0.29) is 18.1 Å². The number of aryl methyl sites for hydroxylation is 3. The second-order valence-corrected chi connectivity index (χ2v) is 6.15. The van der Waals surface area contributed by atoms with E-state index in [2.05, 4.69) is 20.8 Å². The van der Waals surface area contributed by atoms with Crippen LogP contribution in [0.15, 0.2) is 41.0 Å². The lowest BCUT2D eigenvalue weighted by atomic mass is 10.1. The van der Waals surface area contributed by atoms with Gasteiger partial charge in [0.2, 0.25) is 5.91 Å². The van der Waals surface area contributed by atoms with Crippen molar-refractivity contribution in [2.75, 3.05) is 11.9 Å². The molecule has 0 aliphatic rings. The number of benzene rings is 1. The van der Waals surface area contributed by atoms with Gasteiger partial charge in [-0.3, -0.25) is 14.7 Å². The first-order chi connectivity index (χ1) is 12.4. The van der Waals surface area contributed by atoms with Crippen molar-refractivity contribution < 1.29 is 14.0 Å². The van der Waals surface area contributed by atoms with E-state index in [4.69, 9.17) is 4.42 Å². The van der Waals surface area contributed by atoms with Gasteiger partial charge in [0.25, 0.3) is 5.91 Å². The van der Waals surface area contributed by atoms with Crippen LogP contribution >= 0.6 is 0 Å². The largest absolute Gasteiger partial charge is 0.463 e. The van der Waals surface area contributed by atoms with Crippen molar-refractivity contribution in [1.29, 1.82) is 0 Å². The third-order valence-electron chi connectivity index (χ3n) is 3.95. The van der Waals surface area contributed by atoms with Gasteiger partial charge in [-0.25, -0.2) is 0 Å². The van der Waals surface area contributed by atoms with Crippen LogP contribution in [-0.2, 0) is 4.79 Å². The smallest absolute Gasteiger partial charge is 0.272 e. The van der Waals surface area contributed by atoms with Crippen LogP contribution in [0.5, 0.6) is 0 Å². The molecule has 3 rings (SSSR count). The third-order valence-corrected chi connectivity index (χ3v) is 3.95. The van der Waals surface area contributed by atoms with Crippen molar-refractivity contribution in [1.82, 2.24) is 15.5 Å². The van der Waals surface area contributed by atoms with E-state index in [1.807, 2.05) is 32.9 Å². The summed E-state index contributed by atoms with van der Waals surface area (Å²) in [6.07, 6.45) is 1.54. The predicted octanol–water partition coefficient (Wildman–Crippen LogP) is 2.96. The summed E-state index contributed by atoms with van der Waals surface area (Å²) in [5, 5.41) is 12.1. The van der Waals surface area contributed by atoms with Crippen LogP contribution < -0.4 is 10.6 Å². The summed E-state index contributed by atoms with van der Waals surface area (Å²) in [5.74, 6) is -0.152. The first-order valence-corrected chi connectivity index (χ1v) is 8.19. The summed E-state index contributed by atoms with van der Waals surface area (Å²) in [7, 11) is 0. The Hall–Kier alpha value is -3.35. The molecule has 0 aliphatic heterocycles. The Morgan fingerprint density at radius 2 is 1.88 bits per heavy atom. The number of nitrogens with one attached hydrogen (secondary N) is 3. The molecule has 0 radical (unpaired) electrons. The van der Waals surface area contributed by atoms with Crippen LogP contribution in [0.2, 0.25) is 0 Å². The minimum absolute atomic E-state index is 0.144. The monoisotopic (exact) mass is 352 g/mol. The zero-order chi connectivity index (χ0) is 18.7. The number of furan rings is 1. The zero-order valence-electron chi connectivity index (χ0n) is 14.8. The maximum Gasteiger partial charge on any atom is 0.272 e. The molecule has 3 N–H and O–H groups in total. The van der Waals surface area contributed by atoms with Gasteiger partial charge in [-0.2, -0.15) is 5.10 Å². The molecule has 3 aromatic rings. The molecule has 7 nitrogen and oxygen atoms in total. The summed E-state index contributed by atoms with van der Waals surface area (Å²) >= 11 is 0. The molecule has 134 valence electrons. The lowest BCUT2D eigenvalue weighted by Crippen LogP contribution is -2.33. The molecular weight excluding hydrogens is 332 g/mol. The number of H-pyrrole nitrogens is 1. The van der Waals surface area contributed by atoms with Gasteiger partial charge >= 0.3 is 0 Å². The molecule has 0 bridgehead atoms. The summed E-state index contributed by atoms with van der Waals surface area (Å²) in [4.78, 5) is 24.3. The molecular formula is C19H20N4O3.